The molecular weight excluding hydrogens is 697 g/mol. The fraction of sp³-hybridized carbons (Fsp3) is 0. The molecule has 0 radical (unpaired) electrons. The van der Waals surface area contributed by atoms with Gasteiger partial charge in [0.05, 0.1) is 68.0 Å². The number of benzene rings is 8. The Kier molecular flexibility index (Phi) is 6.95. The zero-order chi connectivity index (χ0) is 38.2. The van der Waals surface area contributed by atoms with Crippen molar-refractivity contribution in [3.8, 4) is 46.4 Å². The molecule has 6 nitrogen and oxygen atoms in total. The molecule has 57 heavy (non-hydrogen) atoms. The van der Waals surface area contributed by atoms with Gasteiger partial charge < -0.3 is 13.7 Å². The lowest BCUT2D eigenvalue weighted by molar-refractivity contribution is 1.15. The first-order valence-corrected chi connectivity index (χ1v) is 18.7. The molecule has 0 atom stereocenters. The summed E-state index contributed by atoms with van der Waals surface area (Å²) >= 11 is 0. The van der Waals surface area contributed by atoms with Gasteiger partial charge in [0.1, 0.15) is 0 Å². The lowest BCUT2D eigenvalue weighted by Crippen LogP contribution is -1.98. The minimum atomic E-state index is 0.546. The maximum absolute atomic E-state index is 10.3. The van der Waals surface area contributed by atoms with Crippen molar-refractivity contribution < 1.29 is 0 Å². The molecule has 0 aliphatic carbocycles. The molecule has 0 amide bonds. The molecule has 0 fully saturated rings. The standard InChI is InChI=1S/C51H28N6/c52-29-32-17-21-50-44(24-32)42-12-3-6-15-48(42)57(50)39-23-34(31-54)22-36(27-39)35-8-7-9-37(26-35)56-49-20-16-33(30-53)25-45(49)43-19-18-38(28-51(43)56)55-46-13-4-1-10-40(46)41-11-2-5-14-47(41)55/h1-28H. The van der Waals surface area contributed by atoms with E-state index in [1.807, 2.05) is 60.7 Å². The van der Waals surface area contributed by atoms with Crippen LogP contribution in [0, 0.1) is 34.0 Å². The molecule has 0 saturated heterocycles. The van der Waals surface area contributed by atoms with Gasteiger partial charge in [-0.05, 0) is 108 Å². The lowest BCUT2D eigenvalue weighted by Gasteiger charge is -2.14. The van der Waals surface area contributed by atoms with Crippen LogP contribution in [0.1, 0.15) is 16.7 Å². The summed E-state index contributed by atoms with van der Waals surface area (Å²) in [5.74, 6) is 0. The van der Waals surface area contributed by atoms with Gasteiger partial charge in [-0.2, -0.15) is 15.8 Å². The van der Waals surface area contributed by atoms with Crippen LogP contribution < -0.4 is 0 Å². The van der Waals surface area contributed by atoms with Crippen molar-refractivity contribution in [1.82, 2.24) is 13.7 Å². The highest BCUT2D eigenvalue weighted by molar-refractivity contribution is 6.13. The average Bonchev–Trinajstić information content (AvgIpc) is 3.91. The Morgan fingerprint density at radius 3 is 1.35 bits per heavy atom. The molecule has 0 aliphatic rings. The Balaban J connectivity index is 1.13. The summed E-state index contributed by atoms with van der Waals surface area (Å²) in [5.41, 5.74) is 12.7. The second kappa shape index (κ2) is 12.3. The van der Waals surface area contributed by atoms with Crippen molar-refractivity contribution in [3.05, 3.63) is 187 Å². The zero-order valence-corrected chi connectivity index (χ0v) is 30.3. The molecule has 3 heterocycles. The Bertz CT molecular complexity index is 3580. The number of nitriles is 3. The van der Waals surface area contributed by atoms with Crippen molar-refractivity contribution in [2.75, 3.05) is 0 Å². The highest BCUT2D eigenvalue weighted by Crippen LogP contribution is 2.39. The van der Waals surface area contributed by atoms with Gasteiger partial charge in [0.25, 0.3) is 0 Å². The van der Waals surface area contributed by atoms with E-state index >= 15 is 0 Å². The summed E-state index contributed by atoms with van der Waals surface area (Å²) in [5, 5.41) is 36.4. The van der Waals surface area contributed by atoms with Gasteiger partial charge in [0.2, 0.25) is 0 Å². The predicted molar refractivity (Wildman–Crippen MR) is 229 cm³/mol. The minimum Gasteiger partial charge on any atom is -0.309 e. The monoisotopic (exact) mass is 724 g/mol. The van der Waals surface area contributed by atoms with E-state index in [0.29, 0.717) is 16.7 Å². The molecule has 0 N–H and O–H groups in total. The van der Waals surface area contributed by atoms with Crippen molar-refractivity contribution in [1.29, 1.82) is 15.8 Å². The van der Waals surface area contributed by atoms with Crippen LogP contribution in [0.4, 0.5) is 0 Å². The normalized spacial score (nSPS) is 11.5. The van der Waals surface area contributed by atoms with Gasteiger partial charge in [-0.25, -0.2) is 0 Å². The predicted octanol–water partition coefficient (Wildman–Crippen LogP) is 12.3. The highest BCUT2D eigenvalue weighted by Gasteiger charge is 2.19. The van der Waals surface area contributed by atoms with E-state index in [1.165, 1.54) is 10.8 Å². The molecular formula is C51H28N6. The quantitative estimate of drug-likeness (QED) is 0.181. The van der Waals surface area contributed by atoms with E-state index in [2.05, 4.69) is 141 Å². The third-order valence-electron chi connectivity index (χ3n) is 11.3. The van der Waals surface area contributed by atoms with Crippen molar-refractivity contribution in [2.24, 2.45) is 0 Å². The summed E-state index contributed by atoms with van der Waals surface area (Å²) < 4.78 is 6.78. The first-order chi connectivity index (χ1) is 28.1. The van der Waals surface area contributed by atoms with E-state index < -0.39 is 0 Å². The first-order valence-electron chi connectivity index (χ1n) is 18.7. The van der Waals surface area contributed by atoms with Crippen LogP contribution in [0.15, 0.2) is 170 Å². The van der Waals surface area contributed by atoms with E-state index in [4.69, 9.17) is 0 Å². The second-order valence-corrected chi connectivity index (χ2v) is 14.4. The molecule has 262 valence electrons. The molecule has 3 aromatic heterocycles. The number of fused-ring (bicyclic) bond motifs is 9. The molecule has 11 aromatic rings. The van der Waals surface area contributed by atoms with Gasteiger partial charge >= 0.3 is 0 Å². The van der Waals surface area contributed by atoms with Crippen LogP contribution in [0.2, 0.25) is 0 Å². The van der Waals surface area contributed by atoms with Crippen LogP contribution in [0.25, 0.3) is 93.6 Å². The first kappa shape index (κ1) is 32.1. The Labute approximate surface area is 326 Å². The largest absolute Gasteiger partial charge is 0.309 e. The van der Waals surface area contributed by atoms with Gasteiger partial charge in [0, 0.05) is 49.4 Å². The smallest absolute Gasteiger partial charge is 0.0992 e. The second-order valence-electron chi connectivity index (χ2n) is 14.4. The molecule has 0 spiro atoms. The van der Waals surface area contributed by atoms with Crippen molar-refractivity contribution >= 4 is 65.4 Å². The number of hydrogen-bond acceptors (Lipinski definition) is 3. The summed E-state index contributed by atoms with van der Waals surface area (Å²) in [4.78, 5) is 0. The van der Waals surface area contributed by atoms with Gasteiger partial charge in [-0.1, -0.05) is 72.8 Å². The highest BCUT2D eigenvalue weighted by atomic mass is 15.0. The summed E-state index contributed by atoms with van der Waals surface area (Å²) in [7, 11) is 0. The fourth-order valence-electron chi connectivity index (χ4n) is 8.81. The van der Waals surface area contributed by atoms with Gasteiger partial charge in [-0.3, -0.25) is 0 Å². The molecule has 0 saturated carbocycles. The summed E-state index contributed by atoms with van der Waals surface area (Å²) in [6.07, 6.45) is 0. The van der Waals surface area contributed by atoms with E-state index in [9.17, 15) is 15.8 Å². The maximum atomic E-state index is 10.3. The third kappa shape index (κ3) is 4.81. The summed E-state index contributed by atoms with van der Waals surface area (Å²) in [6, 6.07) is 64.9. The number of para-hydroxylation sites is 3. The van der Waals surface area contributed by atoms with Crippen LogP contribution in [-0.2, 0) is 0 Å². The van der Waals surface area contributed by atoms with Gasteiger partial charge in [0.15, 0.2) is 0 Å². The van der Waals surface area contributed by atoms with Crippen LogP contribution in [-0.4, -0.2) is 13.7 Å². The lowest BCUT2D eigenvalue weighted by atomic mass is 10.0. The third-order valence-corrected chi connectivity index (χ3v) is 11.3. The number of nitrogens with zero attached hydrogens (tertiary/aromatic N) is 6. The maximum Gasteiger partial charge on any atom is 0.0992 e. The topological polar surface area (TPSA) is 86.2 Å². The molecule has 8 aromatic carbocycles. The Morgan fingerprint density at radius 2 is 0.754 bits per heavy atom. The Morgan fingerprint density at radius 1 is 0.281 bits per heavy atom. The van der Waals surface area contributed by atoms with Gasteiger partial charge in [-0.15, -0.1) is 0 Å². The average molecular weight is 725 g/mol. The molecule has 11 rings (SSSR count). The molecule has 6 heteroatoms. The number of rotatable bonds is 4. The fourth-order valence-corrected chi connectivity index (χ4v) is 8.81. The minimum absolute atomic E-state index is 0.546. The Hall–Kier alpha value is -8.37. The molecule has 0 aliphatic heterocycles. The van der Waals surface area contributed by atoms with E-state index in [0.717, 1.165) is 82.8 Å². The molecule has 0 unspecified atom stereocenters. The zero-order valence-electron chi connectivity index (χ0n) is 30.3. The van der Waals surface area contributed by atoms with Crippen LogP contribution in [0.5, 0.6) is 0 Å². The van der Waals surface area contributed by atoms with Crippen LogP contribution in [0.3, 0.4) is 0 Å². The number of aromatic nitrogens is 3. The summed E-state index contributed by atoms with van der Waals surface area (Å²) in [6.45, 7) is 0. The van der Waals surface area contributed by atoms with E-state index in [-0.39, 0.29) is 0 Å². The number of hydrogen-bond donors (Lipinski definition) is 0. The van der Waals surface area contributed by atoms with Crippen molar-refractivity contribution in [2.45, 2.75) is 0 Å². The van der Waals surface area contributed by atoms with E-state index in [1.54, 1.807) is 0 Å². The SMILES string of the molecule is N#Cc1cc(-c2cccc(-n3c4ccc(C#N)cc4c4ccc(-n5c6ccccc6c6ccccc65)cc43)c2)cc(-n2c3ccccc3c3cc(C#N)ccc32)c1. The van der Waals surface area contributed by atoms with Crippen molar-refractivity contribution in [3.63, 3.8) is 0 Å². The van der Waals surface area contributed by atoms with Crippen LogP contribution >= 0.6 is 0 Å². The molecule has 0 bridgehead atoms.